The van der Waals surface area contributed by atoms with Crippen LogP contribution in [0.2, 0.25) is 0 Å². The molecule has 5 nitrogen and oxygen atoms in total. The van der Waals surface area contributed by atoms with E-state index in [2.05, 4.69) is 5.32 Å². The minimum absolute atomic E-state index is 0.0468. The molecule has 5 heteroatoms. The van der Waals surface area contributed by atoms with Crippen LogP contribution in [0.1, 0.15) is 6.42 Å². The molecular formula is C8H13N3O2. The smallest absolute Gasteiger partial charge is 0.234 e. The molecule has 1 heterocycles. The van der Waals surface area contributed by atoms with Crippen LogP contribution in [0.3, 0.4) is 0 Å². The Morgan fingerprint density at radius 3 is 3.15 bits per heavy atom. The van der Waals surface area contributed by atoms with Gasteiger partial charge in [-0.25, -0.2) is 0 Å². The van der Waals surface area contributed by atoms with Gasteiger partial charge in [0.15, 0.2) is 0 Å². The van der Waals surface area contributed by atoms with E-state index >= 15 is 0 Å². The SMILES string of the molecule is N#CCCN1CC(=O)N[C@H](CO)C1. The van der Waals surface area contributed by atoms with Crippen LogP contribution in [-0.4, -0.2) is 48.2 Å². The fraction of sp³-hybridized carbons (Fsp3) is 0.750. The van der Waals surface area contributed by atoms with Gasteiger partial charge < -0.3 is 10.4 Å². The first-order chi connectivity index (χ1) is 6.26. The number of nitrogens with zero attached hydrogens (tertiary/aromatic N) is 2. The molecule has 1 aliphatic heterocycles. The lowest BCUT2D eigenvalue weighted by atomic mass is 10.2. The predicted molar refractivity (Wildman–Crippen MR) is 45.7 cm³/mol. The molecular weight excluding hydrogens is 170 g/mol. The maximum absolute atomic E-state index is 11.1. The number of hydrogen-bond acceptors (Lipinski definition) is 4. The Morgan fingerprint density at radius 2 is 2.54 bits per heavy atom. The Kier molecular flexibility index (Phi) is 3.68. The maximum atomic E-state index is 11.1. The monoisotopic (exact) mass is 183 g/mol. The van der Waals surface area contributed by atoms with Gasteiger partial charge in [0, 0.05) is 19.5 Å². The molecule has 1 aliphatic rings. The highest BCUT2D eigenvalue weighted by atomic mass is 16.3. The van der Waals surface area contributed by atoms with Gasteiger partial charge in [-0.15, -0.1) is 0 Å². The highest BCUT2D eigenvalue weighted by molar-refractivity contribution is 5.79. The van der Waals surface area contributed by atoms with E-state index in [1.165, 1.54) is 0 Å². The zero-order valence-electron chi connectivity index (χ0n) is 7.36. The van der Waals surface area contributed by atoms with Gasteiger partial charge in [0.2, 0.25) is 5.91 Å². The molecule has 0 aromatic heterocycles. The van der Waals surface area contributed by atoms with Crippen LogP contribution in [-0.2, 0) is 4.79 Å². The first-order valence-electron chi connectivity index (χ1n) is 4.25. The number of nitrogens with one attached hydrogen (secondary N) is 1. The molecule has 1 amide bonds. The van der Waals surface area contributed by atoms with Crippen molar-refractivity contribution in [3.05, 3.63) is 0 Å². The maximum Gasteiger partial charge on any atom is 0.234 e. The van der Waals surface area contributed by atoms with E-state index in [4.69, 9.17) is 10.4 Å². The van der Waals surface area contributed by atoms with Crippen molar-refractivity contribution >= 4 is 5.91 Å². The van der Waals surface area contributed by atoms with Crippen molar-refractivity contribution in [2.75, 3.05) is 26.2 Å². The quantitative estimate of drug-likeness (QED) is 0.569. The fourth-order valence-electron chi connectivity index (χ4n) is 1.38. The summed E-state index contributed by atoms with van der Waals surface area (Å²) in [7, 11) is 0. The normalized spacial score (nSPS) is 23.7. The zero-order valence-corrected chi connectivity index (χ0v) is 7.36. The molecule has 0 aromatic rings. The Labute approximate surface area is 76.9 Å². The van der Waals surface area contributed by atoms with Gasteiger partial charge in [0.05, 0.1) is 25.3 Å². The van der Waals surface area contributed by atoms with Crippen LogP contribution < -0.4 is 5.32 Å². The molecule has 1 fully saturated rings. The van der Waals surface area contributed by atoms with Crippen molar-refractivity contribution in [3.63, 3.8) is 0 Å². The zero-order chi connectivity index (χ0) is 9.68. The second-order valence-electron chi connectivity index (χ2n) is 3.09. The minimum atomic E-state index is -0.181. The summed E-state index contributed by atoms with van der Waals surface area (Å²) in [4.78, 5) is 12.9. The Hall–Kier alpha value is -1.12. The van der Waals surface area contributed by atoms with Crippen LogP contribution in [0.5, 0.6) is 0 Å². The van der Waals surface area contributed by atoms with Crippen LogP contribution in [0.25, 0.3) is 0 Å². The lowest BCUT2D eigenvalue weighted by molar-refractivity contribution is -0.126. The van der Waals surface area contributed by atoms with E-state index in [0.717, 1.165) is 0 Å². The topological polar surface area (TPSA) is 76.4 Å². The van der Waals surface area contributed by atoms with Crippen molar-refractivity contribution in [1.29, 1.82) is 5.26 Å². The standard InChI is InChI=1S/C8H13N3O2/c9-2-1-3-11-4-7(6-12)10-8(13)5-11/h7,12H,1,3-6H2,(H,10,13)/t7-/m0/s1. The van der Waals surface area contributed by atoms with Gasteiger partial charge in [-0.1, -0.05) is 0 Å². The number of aliphatic hydroxyl groups excluding tert-OH is 1. The van der Waals surface area contributed by atoms with Gasteiger partial charge in [-0.3, -0.25) is 9.69 Å². The average molecular weight is 183 g/mol. The van der Waals surface area contributed by atoms with Crippen molar-refractivity contribution < 1.29 is 9.90 Å². The molecule has 0 aliphatic carbocycles. The summed E-state index contributed by atoms with van der Waals surface area (Å²) in [6.07, 6.45) is 0.422. The van der Waals surface area contributed by atoms with Crippen LogP contribution >= 0.6 is 0 Å². The summed E-state index contributed by atoms with van der Waals surface area (Å²) in [6.45, 7) is 1.51. The van der Waals surface area contributed by atoms with Gasteiger partial charge in [-0.05, 0) is 0 Å². The van der Waals surface area contributed by atoms with E-state index in [1.807, 2.05) is 11.0 Å². The molecule has 0 aromatic carbocycles. The van der Waals surface area contributed by atoms with Crippen molar-refractivity contribution in [2.24, 2.45) is 0 Å². The van der Waals surface area contributed by atoms with Gasteiger partial charge in [0.25, 0.3) is 0 Å². The Balaban J connectivity index is 2.38. The van der Waals surface area contributed by atoms with Crippen molar-refractivity contribution in [1.82, 2.24) is 10.2 Å². The van der Waals surface area contributed by atoms with E-state index in [9.17, 15) is 4.79 Å². The molecule has 13 heavy (non-hydrogen) atoms. The van der Waals surface area contributed by atoms with E-state index in [-0.39, 0.29) is 18.6 Å². The number of amides is 1. The number of carbonyl (C=O) groups excluding carboxylic acids is 1. The number of aliphatic hydroxyl groups is 1. The second-order valence-corrected chi connectivity index (χ2v) is 3.09. The molecule has 0 bridgehead atoms. The second kappa shape index (κ2) is 4.80. The first-order valence-corrected chi connectivity index (χ1v) is 4.25. The van der Waals surface area contributed by atoms with E-state index in [1.54, 1.807) is 0 Å². The summed E-state index contributed by atoms with van der Waals surface area (Å²) >= 11 is 0. The lowest BCUT2D eigenvalue weighted by Gasteiger charge is -2.31. The first kappa shape index (κ1) is 9.96. The lowest BCUT2D eigenvalue weighted by Crippen LogP contribution is -2.55. The number of hydrogen-bond donors (Lipinski definition) is 2. The minimum Gasteiger partial charge on any atom is -0.394 e. The predicted octanol–water partition coefficient (Wildman–Crippen LogP) is -1.31. The highest BCUT2D eigenvalue weighted by Crippen LogP contribution is 2.00. The van der Waals surface area contributed by atoms with E-state index in [0.29, 0.717) is 26.1 Å². The van der Waals surface area contributed by atoms with E-state index < -0.39 is 0 Å². The van der Waals surface area contributed by atoms with Gasteiger partial charge >= 0.3 is 0 Å². The average Bonchev–Trinajstić information content (AvgIpc) is 2.14. The molecule has 0 unspecified atom stereocenters. The number of piperazine rings is 1. The van der Waals surface area contributed by atoms with Crippen LogP contribution in [0, 0.1) is 11.3 Å². The van der Waals surface area contributed by atoms with Crippen LogP contribution in [0.15, 0.2) is 0 Å². The third-order valence-electron chi connectivity index (χ3n) is 1.97. The van der Waals surface area contributed by atoms with Gasteiger partial charge in [-0.2, -0.15) is 5.26 Å². The van der Waals surface area contributed by atoms with Crippen molar-refractivity contribution in [3.8, 4) is 6.07 Å². The Morgan fingerprint density at radius 1 is 1.77 bits per heavy atom. The summed E-state index contributed by atoms with van der Waals surface area (Å²) in [5, 5.41) is 19.9. The number of nitriles is 1. The third kappa shape index (κ3) is 3.01. The number of carbonyl (C=O) groups is 1. The third-order valence-corrected chi connectivity index (χ3v) is 1.97. The molecule has 1 atom stereocenters. The molecule has 1 saturated heterocycles. The summed E-state index contributed by atoms with van der Waals surface area (Å²) < 4.78 is 0. The Bertz CT molecular complexity index is 224. The molecule has 2 N–H and O–H groups in total. The molecule has 1 rings (SSSR count). The molecule has 72 valence electrons. The van der Waals surface area contributed by atoms with Crippen LogP contribution in [0.4, 0.5) is 0 Å². The summed E-state index contributed by atoms with van der Waals surface area (Å²) in [5.74, 6) is -0.0803. The van der Waals surface area contributed by atoms with Crippen molar-refractivity contribution in [2.45, 2.75) is 12.5 Å². The molecule has 0 radical (unpaired) electrons. The molecule has 0 saturated carbocycles. The summed E-state index contributed by atoms with van der Waals surface area (Å²) in [6, 6.07) is 1.85. The number of rotatable bonds is 3. The van der Waals surface area contributed by atoms with Gasteiger partial charge in [0.1, 0.15) is 0 Å². The highest BCUT2D eigenvalue weighted by Gasteiger charge is 2.23. The summed E-state index contributed by atoms with van der Waals surface area (Å²) in [5.41, 5.74) is 0. The fourth-order valence-corrected chi connectivity index (χ4v) is 1.38. The molecule has 0 spiro atoms. The largest absolute Gasteiger partial charge is 0.394 e.